The Morgan fingerprint density at radius 2 is 0.923 bits per heavy atom. The summed E-state index contributed by atoms with van der Waals surface area (Å²) in [5.74, 6) is 0. The number of nitrogens with zero attached hydrogens (tertiary/aromatic N) is 1. The third-order valence-corrected chi connectivity index (χ3v) is 10.2. The van der Waals surface area contributed by atoms with E-state index in [0.717, 1.165) is 61.3 Å². The molecule has 0 saturated carbocycles. The molecule has 244 valence electrons. The van der Waals surface area contributed by atoms with Crippen LogP contribution in [0.4, 0.5) is 17.1 Å². The van der Waals surface area contributed by atoms with Crippen molar-refractivity contribution in [1.82, 2.24) is 0 Å². The fourth-order valence-electron chi connectivity index (χ4n) is 7.73. The van der Waals surface area contributed by atoms with E-state index in [1.807, 2.05) is 6.07 Å². The summed E-state index contributed by atoms with van der Waals surface area (Å²) < 4.78 is 6.48. The summed E-state index contributed by atoms with van der Waals surface area (Å²) in [6, 6.07) is 71.7. The molecular formula is C50H33NO. The summed E-state index contributed by atoms with van der Waals surface area (Å²) in [6.07, 6.45) is 0. The highest BCUT2D eigenvalue weighted by molar-refractivity contribution is 6.15. The second-order valence-electron chi connectivity index (χ2n) is 13.3. The van der Waals surface area contributed by atoms with Gasteiger partial charge in [0.05, 0.1) is 5.69 Å². The standard InChI is InChI=1S/C50H33NO/c1-3-13-34(14-4-1)37-18-11-19-41(31-37)51(48-33-39-17-7-8-20-42(39)44-21-9-10-22-45(44)48)40-28-25-35(26-29-40)38-27-30-49-47(32-38)46-24-12-23-43(50(46)52-49)36-15-5-2-6-16-36/h1-33H. The van der Waals surface area contributed by atoms with Gasteiger partial charge in [-0.25, -0.2) is 0 Å². The maximum absolute atomic E-state index is 6.48. The molecule has 0 unspecified atom stereocenters. The molecule has 0 N–H and O–H groups in total. The van der Waals surface area contributed by atoms with Gasteiger partial charge in [-0.1, -0.05) is 158 Å². The van der Waals surface area contributed by atoms with E-state index in [4.69, 9.17) is 4.42 Å². The number of benzene rings is 9. The summed E-state index contributed by atoms with van der Waals surface area (Å²) in [5.41, 5.74) is 12.1. The number of rotatable bonds is 6. The first kappa shape index (κ1) is 30.0. The van der Waals surface area contributed by atoms with Gasteiger partial charge in [0.15, 0.2) is 0 Å². The molecule has 0 aliphatic carbocycles. The third-order valence-electron chi connectivity index (χ3n) is 10.2. The Kier molecular flexibility index (Phi) is 7.18. The van der Waals surface area contributed by atoms with Crippen molar-refractivity contribution in [3.8, 4) is 33.4 Å². The summed E-state index contributed by atoms with van der Waals surface area (Å²) in [7, 11) is 0. The molecule has 0 atom stereocenters. The molecule has 10 aromatic rings. The lowest BCUT2D eigenvalue weighted by Gasteiger charge is -2.28. The monoisotopic (exact) mass is 663 g/mol. The Labute approximate surface area is 302 Å². The van der Waals surface area contributed by atoms with Gasteiger partial charge in [0.2, 0.25) is 0 Å². The zero-order valence-corrected chi connectivity index (χ0v) is 28.4. The predicted molar refractivity (Wildman–Crippen MR) is 220 cm³/mol. The Bertz CT molecular complexity index is 2890. The molecule has 9 aromatic carbocycles. The van der Waals surface area contributed by atoms with Crippen molar-refractivity contribution >= 4 is 60.5 Å². The van der Waals surface area contributed by atoms with Crippen LogP contribution >= 0.6 is 0 Å². The van der Waals surface area contributed by atoms with Crippen molar-refractivity contribution in [3.05, 3.63) is 200 Å². The van der Waals surface area contributed by atoms with Crippen molar-refractivity contribution in [3.63, 3.8) is 0 Å². The summed E-state index contributed by atoms with van der Waals surface area (Å²) in [4.78, 5) is 2.41. The van der Waals surface area contributed by atoms with Crippen LogP contribution in [-0.2, 0) is 0 Å². The normalized spacial score (nSPS) is 11.5. The second-order valence-corrected chi connectivity index (χ2v) is 13.3. The fraction of sp³-hybridized carbons (Fsp3) is 0. The highest BCUT2D eigenvalue weighted by atomic mass is 16.3. The quantitative estimate of drug-likeness (QED) is 0.165. The van der Waals surface area contributed by atoms with Crippen LogP contribution in [0.2, 0.25) is 0 Å². The number of hydrogen-bond acceptors (Lipinski definition) is 2. The van der Waals surface area contributed by atoms with E-state index in [1.165, 1.54) is 32.7 Å². The molecule has 1 heterocycles. The highest BCUT2D eigenvalue weighted by Crippen LogP contribution is 2.44. The molecule has 2 heteroatoms. The van der Waals surface area contributed by atoms with E-state index >= 15 is 0 Å². The van der Waals surface area contributed by atoms with E-state index in [0.29, 0.717) is 0 Å². The lowest BCUT2D eigenvalue weighted by Crippen LogP contribution is -2.10. The fourth-order valence-corrected chi connectivity index (χ4v) is 7.73. The summed E-state index contributed by atoms with van der Waals surface area (Å²) >= 11 is 0. The van der Waals surface area contributed by atoms with Gasteiger partial charge < -0.3 is 9.32 Å². The lowest BCUT2D eigenvalue weighted by molar-refractivity contribution is 0.670. The minimum Gasteiger partial charge on any atom is -0.455 e. The van der Waals surface area contributed by atoms with Gasteiger partial charge in [-0.15, -0.1) is 0 Å². The topological polar surface area (TPSA) is 16.4 Å². The van der Waals surface area contributed by atoms with Gasteiger partial charge >= 0.3 is 0 Å². The van der Waals surface area contributed by atoms with Crippen LogP contribution in [0.25, 0.3) is 76.9 Å². The molecule has 52 heavy (non-hydrogen) atoms. The maximum atomic E-state index is 6.48. The van der Waals surface area contributed by atoms with E-state index in [9.17, 15) is 0 Å². The SMILES string of the molecule is c1ccc(-c2cccc(N(c3ccc(-c4ccc5oc6c(-c7ccccc7)cccc6c5c4)cc3)c3cc4ccccc4c4ccccc34)c2)cc1. The lowest BCUT2D eigenvalue weighted by atomic mass is 9.98. The van der Waals surface area contributed by atoms with Gasteiger partial charge in [0.25, 0.3) is 0 Å². The van der Waals surface area contributed by atoms with Crippen molar-refractivity contribution < 1.29 is 4.42 Å². The molecule has 2 nitrogen and oxygen atoms in total. The van der Waals surface area contributed by atoms with Gasteiger partial charge in [-0.2, -0.15) is 0 Å². The van der Waals surface area contributed by atoms with E-state index in [-0.39, 0.29) is 0 Å². The second kappa shape index (κ2) is 12.5. The predicted octanol–water partition coefficient (Wildman–Crippen LogP) is 14.4. The van der Waals surface area contributed by atoms with Crippen LogP contribution in [0, 0.1) is 0 Å². The Balaban J connectivity index is 1.11. The van der Waals surface area contributed by atoms with E-state index in [2.05, 4.69) is 199 Å². The first-order valence-electron chi connectivity index (χ1n) is 17.8. The zero-order valence-electron chi connectivity index (χ0n) is 28.4. The summed E-state index contributed by atoms with van der Waals surface area (Å²) in [5, 5.41) is 7.18. The Morgan fingerprint density at radius 3 is 1.73 bits per heavy atom. The van der Waals surface area contributed by atoms with Crippen LogP contribution in [0.15, 0.2) is 205 Å². The molecule has 0 bridgehead atoms. The van der Waals surface area contributed by atoms with Crippen LogP contribution < -0.4 is 4.90 Å². The average Bonchev–Trinajstić information content (AvgIpc) is 3.60. The molecule has 0 aliphatic rings. The molecule has 0 fully saturated rings. The number of para-hydroxylation sites is 1. The summed E-state index contributed by atoms with van der Waals surface area (Å²) in [6.45, 7) is 0. The van der Waals surface area contributed by atoms with Gasteiger partial charge in [-0.05, 0) is 86.4 Å². The molecule has 0 spiro atoms. The highest BCUT2D eigenvalue weighted by Gasteiger charge is 2.19. The minimum atomic E-state index is 0.895. The third kappa shape index (κ3) is 5.12. The van der Waals surface area contributed by atoms with Gasteiger partial charge in [-0.3, -0.25) is 0 Å². The molecule has 10 rings (SSSR count). The Hall–Kier alpha value is -6.90. The van der Waals surface area contributed by atoms with Crippen LogP contribution in [0.3, 0.4) is 0 Å². The molecular weight excluding hydrogens is 631 g/mol. The van der Waals surface area contributed by atoms with Crippen molar-refractivity contribution in [2.24, 2.45) is 0 Å². The van der Waals surface area contributed by atoms with Crippen LogP contribution in [0.5, 0.6) is 0 Å². The average molecular weight is 664 g/mol. The minimum absolute atomic E-state index is 0.895. The smallest absolute Gasteiger partial charge is 0.143 e. The molecule has 0 aliphatic heterocycles. The van der Waals surface area contributed by atoms with Gasteiger partial charge in [0.1, 0.15) is 11.2 Å². The van der Waals surface area contributed by atoms with E-state index in [1.54, 1.807) is 0 Å². The number of hydrogen-bond donors (Lipinski definition) is 0. The van der Waals surface area contributed by atoms with Crippen molar-refractivity contribution in [2.75, 3.05) is 4.90 Å². The Morgan fingerprint density at radius 1 is 0.327 bits per heavy atom. The van der Waals surface area contributed by atoms with Crippen molar-refractivity contribution in [1.29, 1.82) is 0 Å². The largest absolute Gasteiger partial charge is 0.455 e. The maximum Gasteiger partial charge on any atom is 0.143 e. The van der Waals surface area contributed by atoms with Crippen LogP contribution in [0.1, 0.15) is 0 Å². The zero-order chi connectivity index (χ0) is 34.4. The molecule has 0 saturated heterocycles. The van der Waals surface area contributed by atoms with Crippen molar-refractivity contribution in [2.45, 2.75) is 0 Å². The van der Waals surface area contributed by atoms with Gasteiger partial charge in [0, 0.05) is 33.1 Å². The number of fused-ring (bicyclic) bond motifs is 6. The molecule has 1 aromatic heterocycles. The number of anilines is 3. The first-order valence-corrected chi connectivity index (χ1v) is 17.8. The molecule has 0 amide bonds. The number of furan rings is 1. The van der Waals surface area contributed by atoms with E-state index < -0.39 is 0 Å². The molecule has 0 radical (unpaired) electrons. The first-order chi connectivity index (χ1) is 25.8. The van der Waals surface area contributed by atoms with Crippen LogP contribution in [-0.4, -0.2) is 0 Å².